The SMILES string of the molecule is N#CC(C#N)=C(NN)c1ccc(Br)c(Cl)c1Cl. The molecule has 0 fully saturated rings. The number of nitriles is 2. The fourth-order valence-electron chi connectivity index (χ4n) is 1.14. The third-order valence-corrected chi connectivity index (χ3v) is 3.69. The van der Waals surface area contributed by atoms with Crippen LogP contribution in [0, 0.1) is 22.7 Å². The zero-order valence-electron chi connectivity index (χ0n) is 8.26. The van der Waals surface area contributed by atoms with Crippen LogP contribution < -0.4 is 11.3 Å². The molecule has 0 amide bonds. The van der Waals surface area contributed by atoms with Gasteiger partial charge in [0.15, 0.2) is 5.57 Å². The van der Waals surface area contributed by atoms with Crippen LogP contribution in [-0.2, 0) is 0 Å². The molecule has 0 aliphatic heterocycles. The van der Waals surface area contributed by atoms with Gasteiger partial charge in [0.05, 0.1) is 15.7 Å². The second kappa shape index (κ2) is 5.90. The van der Waals surface area contributed by atoms with Gasteiger partial charge in [-0.3, -0.25) is 5.84 Å². The Morgan fingerprint density at radius 3 is 2.29 bits per heavy atom. The van der Waals surface area contributed by atoms with Gasteiger partial charge in [-0.25, -0.2) is 0 Å². The Balaban J connectivity index is 3.55. The second-order valence-electron chi connectivity index (χ2n) is 2.84. The number of nitrogens with one attached hydrogen (secondary N) is 1. The molecule has 3 N–H and O–H groups in total. The Kier molecular flexibility index (Phi) is 4.80. The molecule has 0 radical (unpaired) electrons. The second-order valence-corrected chi connectivity index (χ2v) is 4.45. The summed E-state index contributed by atoms with van der Waals surface area (Å²) in [7, 11) is 0. The normalized spacial score (nSPS) is 9.06. The quantitative estimate of drug-likeness (QED) is 0.377. The lowest BCUT2D eigenvalue weighted by Crippen LogP contribution is -2.21. The number of halogens is 3. The number of nitrogens with two attached hydrogens (primary N) is 1. The van der Waals surface area contributed by atoms with E-state index in [1.165, 1.54) is 0 Å². The summed E-state index contributed by atoms with van der Waals surface area (Å²) in [5, 5.41) is 18.1. The lowest BCUT2D eigenvalue weighted by atomic mass is 10.1. The van der Waals surface area contributed by atoms with E-state index in [-0.39, 0.29) is 21.3 Å². The van der Waals surface area contributed by atoms with Crippen molar-refractivity contribution in [2.75, 3.05) is 0 Å². The summed E-state index contributed by atoms with van der Waals surface area (Å²) in [6.45, 7) is 0. The van der Waals surface area contributed by atoms with Crippen molar-refractivity contribution in [1.82, 2.24) is 5.43 Å². The molecule has 17 heavy (non-hydrogen) atoms. The van der Waals surface area contributed by atoms with Crippen molar-refractivity contribution in [3.8, 4) is 12.1 Å². The van der Waals surface area contributed by atoms with Gasteiger partial charge in [-0.05, 0) is 22.0 Å². The predicted molar refractivity (Wildman–Crippen MR) is 69.6 cm³/mol. The van der Waals surface area contributed by atoms with Gasteiger partial charge < -0.3 is 5.43 Å². The van der Waals surface area contributed by atoms with Crippen LogP contribution in [0.25, 0.3) is 5.70 Å². The minimum absolute atomic E-state index is 0.134. The van der Waals surface area contributed by atoms with Crippen LogP contribution in [0.15, 0.2) is 22.2 Å². The molecule has 0 saturated heterocycles. The van der Waals surface area contributed by atoms with Gasteiger partial charge in [0.2, 0.25) is 0 Å². The van der Waals surface area contributed by atoms with Gasteiger partial charge in [-0.15, -0.1) is 0 Å². The summed E-state index contributed by atoms with van der Waals surface area (Å²) in [6, 6.07) is 6.70. The van der Waals surface area contributed by atoms with E-state index < -0.39 is 0 Å². The van der Waals surface area contributed by atoms with E-state index in [0.717, 1.165) is 0 Å². The zero-order chi connectivity index (χ0) is 13.0. The Morgan fingerprint density at radius 2 is 1.82 bits per heavy atom. The Hall–Kier alpha value is -1.24. The summed E-state index contributed by atoms with van der Waals surface area (Å²) in [5.74, 6) is 5.29. The van der Waals surface area contributed by atoms with E-state index in [1.54, 1.807) is 24.3 Å². The van der Waals surface area contributed by atoms with Crippen molar-refractivity contribution in [2.24, 2.45) is 5.84 Å². The molecule has 1 aromatic carbocycles. The molecule has 0 bridgehead atoms. The van der Waals surface area contributed by atoms with Gasteiger partial charge in [0.25, 0.3) is 0 Å². The van der Waals surface area contributed by atoms with Crippen LogP contribution in [-0.4, -0.2) is 0 Å². The van der Waals surface area contributed by atoms with Crippen LogP contribution in [0.4, 0.5) is 0 Å². The van der Waals surface area contributed by atoms with E-state index in [4.69, 9.17) is 39.6 Å². The van der Waals surface area contributed by atoms with Crippen LogP contribution in [0.1, 0.15) is 5.56 Å². The number of nitrogens with zero attached hydrogens (tertiary/aromatic N) is 2. The number of hydrazine groups is 1. The predicted octanol–water partition coefficient (Wildman–Crippen LogP) is 2.98. The van der Waals surface area contributed by atoms with E-state index in [9.17, 15) is 0 Å². The van der Waals surface area contributed by atoms with E-state index >= 15 is 0 Å². The van der Waals surface area contributed by atoms with Gasteiger partial charge in [-0.1, -0.05) is 29.3 Å². The van der Waals surface area contributed by atoms with Crippen molar-refractivity contribution in [2.45, 2.75) is 0 Å². The molecule has 0 heterocycles. The largest absolute Gasteiger partial charge is 0.322 e. The van der Waals surface area contributed by atoms with Gasteiger partial charge >= 0.3 is 0 Å². The van der Waals surface area contributed by atoms with Crippen molar-refractivity contribution < 1.29 is 0 Å². The van der Waals surface area contributed by atoms with Crippen molar-refractivity contribution in [3.05, 3.63) is 37.8 Å². The maximum atomic E-state index is 8.79. The fraction of sp³-hybridized carbons (Fsp3) is 0. The molecule has 0 atom stereocenters. The van der Waals surface area contributed by atoms with Crippen molar-refractivity contribution >= 4 is 44.8 Å². The van der Waals surface area contributed by atoms with Crippen molar-refractivity contribution in [3.63, 3.8) is 0 Å². The summed E-state index contributed by atoms with van der Waals surface area (Å²) in [6.07, 6.45) is 0. The Bertz CT molecular complexity index is 553. The van der Waals surface area contributed by atoms with Gasteiger partial charge in [-0.2, -0.15) is 10.5 Å². The summed E-state index contributed by atoms with van der Waals surface area (Å²) in [5.41, 5.74) is 2.63. The first-order valence-corrected chi connectivity index (χ1v) is 5.76. The molecular formula is C10H5BrCl2N4. The molecular weight excluding hydrogens is 327 g/mol. The highest BCUT2D eigenvalue weighted by Crippen LogP contribution is 2.35. The number of allylic oxidation sites excluding steroid dienone is 1. The van der Waals surface area contributed by atoms with Crippen LogP contribution in [0.5, 0.6) is 0 Å². The number of rotatable bonds is 2. The van der Waals surface area contributed by atoms with E-state index in [1.807, 2.05) is 0 Å². The third-order valence-electron chi connectivity index (χ3n) is 1.92. The monoisotopic (exact) mass is 330 g/mol. The fourth-order valence-corrected chi connectivity index (χ4v) is 2.01. The highest BCUT2D eigenvalue weighted by atomic mass is 79.9. The molecule has 0 saturated carbocycles. The number of hydrogen-bond acceptors (Lipinski definition) is 4. The number of hydrogen-bond donors (Lipinski definition) is 2. The topological polar surface area (TPSA) is 85.6 Å². The first kappa shape index (κ1) is 13.8. The Morgan fingerprint density at radius 1 is 1.24 bits per heavy atom. The third kappa shape index (κ3) is 2.71. The van der Waals surface area contributed by atoms with Crippen molar-refractivity contribution in [1.29, 1.82) is 10.5 Å². The van der Waals surface area contributed by atoms with E-state index in [0.29, 0.717) is 10.0 Å². The van der Waals surface area contributed by atoms with Crippen LogP contribution >= 0.6 is 39.1 Å². The molecule has 0 unspecified atom stereocenters. The highest BCUT2D eigenvalue weighted by Gasteiger charge is 2.15. The summed E-state index contributed by atoms with van der Waals surface area (Å²) < 4.78 is 0.611. The minimum Gasteiger partial charge on any atom is -0.322 e. The lowest BCUT2D eigenvalue weighted by molar-refractivity contribution is 0.987. The first-order valence-electron chi connectivity index (χ1n) is 4.21. The minimum atomic E-state index is -0.173. The molecule has 0 aliphatic rings. The molecule has 0 aromatic heterocycles. The molecule has 1 aromatic rings. The standard InChI is InChI=1S/C10H5BrCl2N4/c11-7-2-1-6(8(12)9(7)13)10(17-16)5(3-14)4-15/h1-2,17H,16H2. The smallest absolute Gasteiger partial charge is 0.154 e. The summed E-state index contributed by atoms with van der Waals surface area (Å²) in [4.78, 5) is 0. The van der Waals surface area contributed by atoms with Gasteiger partial charge in [0, 0.05) is 10.0 Å². The average Bonchev–Trinajstić information content (AvgIpc) is 2.34. The molecule has 7 heteroatoms. The zero-order valence-corrected chi connectivity index (χ0v) is 11.4. The van der Waals surface area contributed by atoms with E-state index in [2.05, 4.69) is 21.4 Å². The Labute approximate surface area is 116 Å². The maximum Gasteiger partial charge on any atom is 0.154 e. The molecule has 86 valence electrons. The molecule has 0 aliphatic carbocycles. The van der Waals surface area contributed by atoms with Crippen LogP contribution in [0.3, 0.4) is 0 Å². The molecule has 0 spiro atoms. The highest BCUT2D eigenvalue weighted by molar-refractivity contribution is 9.10. The lowest BCUT2D eigenvalue weighted by Gasteiger charge is -2.10. The van der Waals surface area contributed by atoms with Crippen LogP contribution in [0.2, 0.25) is 10.0 Å². The average molecular weight is 332 g/mol. The molecule has 1 rings (SSSR count). The molecule has 4 nitrogen and oxygen atoms in total. The number of benzene rings is 1. The van der Waals surface area contributed by atoms with Gasteiger partial charge in [0.1, 0.15) is 12.1 Å². The first-order chi connectivity index (χ1) is 8.06. The summed E-state index contributed by atoms with van der Waals surface area (Å²) >= 11 is 15.2. The maximum absolute atomic E-state index is 8.79.